The van der Waals surface area contributed by atoms with Gasteiger partial charge in [0.2, 0.25) is 5.91 Å². The molecule has 0 radical (unpaired) electrons. The molecule has 1 heterocycles. The number of primary amides is 1. The van der Waals surface area contributed by atoms with Crippen LogP contribution in [0.4, 0.5) is 0 Å². The van der Waals surface area contributed by atoms with Crippen molar-refractivity contribution in [3.63, 3.8) is 0 Å². The molecule has 1 aromatic carbocycles. The average Bonchev–Trinajstić information content (AvgIpc) is 2.37. The van der Waals surface area contributed by atoms with Gasteiger partial charge in [0.1, 0.15) is 0 Å². The maximum absolute atomic E-state index is 11.1. The van der Waals surface area contributed by atoms with Crippen molar-refractivity contribution in [3.05, 3.63) is 23.3 Å². The van der Waals surface area contributed by atoms with Crippen LogP contribution in [0.3, 0.4) is 0 Å². The van der Waals surface area contributed by atoms with Crippen molar-refractivity contribution < 1.29 is 14.3 Å². The number of hydrogen-bond acceptors (Lipinski definition) is 4. The van der Waals surface area contributed by atoms with E-state index >= 15 is 0 Å². The number of rotatable bonds is 4. The standard InChI is InChI=1S/C13H18N2O3/c1-17-11-5-8-3-4-15-10(7-13(14)16)9(8)6-12(11)18-2/h5-6,10,15H,3-4,7H2,1-2H3,(H2,14,16)/t10-/m1/s1. The van der Waals surface area contributed by atoms with Crippen LogP contribution in [0, 0.1) is 0 Å². The molecule has 2 rings (SSSR count). The van der Waals surface area contributed by atoms with Gasteiger partial charge in [-0.1, -0.05) is 0 Å². The maximum atomic E-state index is 11.1. The summed E-state index contributed by atoms with van der Waals surface area (Å²) in [4.78, 5) is 11.1. The molecule has 18 heavy (non-hydrogen) atoms. The molecule has 0 aromatic heterocycles. The van der Waals surface area contributed by atoms with Crippen LogP contribution >= 0.6 is 0 Å². The van der Waals surface area contributed by atoms with E-state index in [-0.39, 0.29) is 11.9 Å². The number of nitrogens with one attached hydrogen (secondary N) is 1. The SMILES string of the molecule is COc1cc2c(cc1OC)[C@@H](CC(N)=O)NCC2. The fraction of sp³-hybridized carbons (Fsp3) is 0.462. The monoisotopic (exact) mass is 250 g/mol. The molecule has 0 fully saturated rings. The Morgan fingerprint density at radius 3 is 2.67 bits per heavy atom. The Hall–Kier alpha value is -1.75. The molecule has 98 valence electrons. The Morgan fingerprint density at radius 1 is 1.39 bits per heavy atom. The van der Waals surface area contributed by atoms with Crippen LogP contribution in [0.5, 0.6) is 11.5 Å². The number of fused-ring (bicyclic) bond motifs is 1. The number of nitrogens with two attached hydrogens (primary N) is 1. The number of amides is 1. The molecule has 1 atom stereocenters. The number of methoxy groups -OCH3 is 2. The van der Waals surface area contributed by atoms with Crippen molar-refractivity contribution in [2.75, 3.05) is 20.8 Å². The largest absolute Gasteiger partial charge is 0.493 e. The number of carbonyl (C=O) groups excluding carboxylic acids is 1. The fourth-order valence-corrected chi connectivity index (χ4v) is 2.35. The van der Waals surface area contributed by atoms with Gasteiger partial charge in [-0.3, -0.25) is 4.79 Å². The van der Waals surface area contributed by atoms with Gasteiger partial charge in [-0.05, 0) is 36.2 Å². The van der Waals surface area contributed by atoms with Gasteiger partial charge < -0.3 is 20.5 Å². The van der Waals surface area contributed by atoms with Crippen LogP contribution in [0.1, 0.15) is 23.6 Å². The fourth-order valence-electron chi connectivity index (χ4n) is 2.35. The first-order valence-corrected chi connectivity index (χ1v) is 5.92. The van der Waals surface area contributed by atoms with Gasteiger partial charge in [0.05, 0.1) is 14.2 Å². The maximum Gasteiger partial charge on any atom is 0.219 e. The zero-order chi connectivity index (χ0) is 13.1. The minimum Gasteiger partial charge on any atom is -0.493 e. The number of hydrogen-bond donors (Lipinski definition) is 2. The quantitative estimate of drug-likeness (QED) is 0.827. The highest BCUT2D eigenvalue weighted by Crippen LogP contribution is 2.35. The van der Waals surface area contributed by atoms with Crippen LogP contribution in [0.15, 0.2) is 12.1 Å². The molecule has 0 bridgehead atoms. The van der Waals surface area contributed by atoms with Crippen LogP contribution in [-0.4, -0.2) is 26.7 Å². The smallest absolute Gasteiger partial charge is 0.219 e. The summed E-state index contributed by atoms with van der Waals surface area (Å²) in [5.41, 5.74) is 7.52. The minimum absolute atomic E-state index is 0.0361. The highest BCUT2D eigenvalue weighted by atomic mass is 16.5. The lowest BCUT2D eigenvalue weighted by Crippen LogP contribution is -2.33. The van der Waals surface area contributed by atoms with Gasteiger partial charge in [0.15, 0.2) is 11.5 Å². The zero-order valence-electron chi connectivity index (χ0n) is 10.7. The first kappa shape index (κ1) is 12.7. The topological polar surface area (TPSA) is 73.6 Å². The van der Waals surface area contributed by atoms with Crippen LogP contribution in [0.25, 0.3) is 0 Å². The van der Waals surface area contributed by atoms with Gasteiger partial charge >= 0.3 is 0 Å². The summed E-state index contributed by atoms with van der Waals surface area (Å²) >= 11 is 0. The Kier molecular flexibility index (Phi) is 3.72. The van der Waals surface area contributed by atoms with E-state index in [1.807, 2.05) is 12.1 Å². The summed E-state index contributed by atoms with van der Waals surface area (Å²) in [7, 11) is 3.22. The predicted octanol–water partition coefficient (Wildman–Crippen LogP) is 0.766. The van der Waals surface area contributed by atoms with E-state index in [9.17, 15) is 4.79 Å². The van der Waals surface area contributed by atoms with E-state index < -0.39 is 0 Å². The van der Waals surface area contributed by atoms with E-state index in [1.54, 1.807) is 14.2 Å². The first-order valence-electron chi connectivity index (χ1n) is 5.92. The molecular weight excluding hydrogens is 232 g/mol. The van der Waals surface area contributed by atoms with Crippen molar-refractivity contribution in [3.8, 4) is 11.5 Å². The van der Waals surface area contributed by atoms with Gasteiger partial charge in [-0.15, -0.1) is 0 Å². The van der Waals surface area contributed by atoms with Crippen molar-refractivity contribution in [1.82, 2.24) is 5.32 Å². The van der Waals surface area contributed by atoms with Crippen molar-refractivity contribution >= 4 is 5.91 Å². The Labute approximate surface area is 106 Å². The zero-order valence-corrected chi connectivity index (χ0v) is 10.7. The average molecular weight is 250 g/mol. The van der Waals surface area contributed by atoms with Crippen molar-refractivity contribution in [1.29, 1.82) is 0 Å². The number of benzene rings is 1. The summed E-state index contributed by atoms with van der Waals surface area (Å²) in [6.45, 7) is 0.834. The number of ether oxygens (including phenoxy) is 2. The van der Waals surface area contributed by atoms with Crippen LogP contribution in [-0.2, 0) is 11.2 Å². The van der Waals surface area contributed by atoms with E-state index in [0.717, 1.165) is 24.3 Å². The Morgan fingerprint density at radius 2 is 2.06 bits per heavy atom. The second kappa shape index (κ2) is 5.27. The third-order valence-corrected chi connectivity index (χ3v) is 3.21. The molecule has 1 amide bonds. The lowest BCUT2D eigenvalue weighted by atomic mass is 9.91. The van der Waals surface area contributed by atoms with Crippen molar-refractivity contribution in [2.45, 2.75) is 18.9 Å². The molecule has 1 aliphatic rings. The summed E-state index contributed by atoms with van der Waals surface area (Å²) in [5, 5.41) is 3.30. The van der Waals surface area contributed by atoms with Gasteiger partial charge in [0.25, 0.3) is 0 Å². The van der Waals surface area contributed by atoms with E-state index in [0.29, 0.717) is 12.2 Å². The molecular formula is C13H18N2O3. The van der Waals surface area contributed by atoms with Crippen LogP contribution < -0.4 is 20.5 Å². The van der Waals surface area contributed by atoms with E-state index in [2.05, 4.69) is 5.32 Å². The summed E-state index contributed by atoms with van der Waals surface area (Å²) in [6.07, 6.45) is 1.20. The van der Waals surface area contributed by atoms with Crippen molar-refractivity contribution in [2.24, 2.45) is 5.73 Å². The van der Waals surface area contributed by atoms with E-state index in [4.69, 9.17) is 15.2 Å². The second-order valence-electron chi connectivity index (χ2n) is 4.33. The molecule has 0 saturated heterocycles. The molecule has 0 unspecified atom stereocenters. The molecule has 0 aliphatic carbocycles. The highest BCUT2D eigenvalue weighted by molar-refractivity contribution is 5.75. The molecule has 1 aliphatic heterocycles. The summed E-state index contributed by atoms with van der Waals surface area (Å²) in [6, 6.07) is 3.86. The normalized spacial score (nSPS) is 18.0. The number of carbonyl (C=O) groups is 1. The molecule has 0 saturated carbocycles. The summed E-state index contributed by atoms with van der Waals surface area (Å²) in [5.74, 6) is 1.08. The molecule has 1 aromatic rings. The van der Waals surface area contributed by atoms with Crippen LogP contribution in [0.2, 0.25) is 0 Å². The Bertz CT molecular complexity index is 460. The molecule has 5 heteroatoms. The second-order valence-corrected chi connectivity index (χ2v) is 4.33. The minimum atomic E-state index is -0.310. The van der Waals surface area contributed by atoms with Gasteiger partial charge in [-0.2, -0.15) is 0 Å². The highest BCUT2D eigenvalue weighted by Gasteiger charge is 2.23. The first-order chi connectivity index (χ1) is 8.65. The molecule has 3 N–H and O–H groups in total. The van der Waals surface area contributed by atoms with Gasteiger partial charge in [-0.25, -0.2) is 0 Å². The van der Waals surface area contributed by atoms with Gasteiger partial charge in [0, 0.05) is 12.5 Å². The predicted molar refractivity (Wildman–Crippen MR) is 67.8 cm³/mol. The molecule has 5 nitrogen and oxygen atoms in total. The lowest BCUT2D eigenvalue weighted by molar-refractivity contribution is -0.118. The summed E-state index contributed by atoms with van der Waals surface area (Å²) < 4.78 is 10.6. The third-order valence-electron chi connectivity index (χ3n) is 3.21. The van der Waals surface area contributed by atoms with E-state index in [1.165, 1.54) is 5.56 Å². The molecule has 0 spiro atoms. The third kappa shape index (κ3) is 2.41. The lowest BCUT2D eigenvalue weighted by Gasteiger charge is -2.27. The Balaban J connectivity index is 2.40.